The van der Waals surface area contributed by atoms with Gasteiger partial charge in [-0.3, -0.25) is 0 Å². The summed E-state index contributed by atoms with van der Waals surface area (Å²) in [6, 6.07) is 18.5. The van der Waals surface area contributed by atoms with Gasteiger partial charge in [0.25, 0.3) is 0 Å². The molecule has 6 nitrogen and oxygen atoms in total. The van der Waals surface area contributed by atoms with Gasteiger partial charge in [-0.15, -0.1) is 11.8 Å². The highest BCUT2D eigenvalue weighted by molar-refractivity contribution is 7.98. The SMILES string of the molecule is CC(C)c1ccc(-c2c(C#N)c(N)nc(SCc3ccc(C(=O)O)cc3)c2C#N)cc1. The molecule has 1 heterocycles. The summed E-state index contributed by atoms with van der Waals surface area (Å²) in [6.45, 7) is 4.19. The molecule has 0 bridgehead atoms. The number of nitrogen functional groups attached to an aromatic ring is 1. The molecule has 0 saturated carbocycles. The van der Waals surface area contributed by atoms with E-state index in [-0.39, 0.29) is 16.9 Å². The van der Waals surface area contributed by atoms with E-state index in [0.717, 1.165) is 16.7 Å². The zero-order valence-corrected chi connectivity index (χ0v) is 17.9. The fraction of sp³-hybridized carbons (Fsp3) is 0.167. The predicted molar refractivity (Wildman–Crippen MR) is 121 cm³/mol. The molecule has 3 N–H and O–H groups in total. The third-order valence-electron chi connectivity index (χ3n) is 4.86. The van der Waals surface area contributed by atoms with Crippen molar-refractivity contribution in [3.8, 4) is 23.3 Å². The van der Waals surface area contributed by atoms with Crippen LogP contribution in [0.15, 0.2) is 53.6 Å². The fourth-order valence-corrected chi connectivity index (χ4v) is 4.07. The number of hydrogen-bond donors (Lipinski definition) is 2. The van der Waals surface area contributed by atoms with Crippen molar-refractivity contribution in [3.63, 3.8) is 0 Å². The second kappa shape index (κ2) is 9.34. The summed E-state index contributed by atoms with van der Waals surface area (Å²) in [4.78, 5) is 15.3. The van der Waals surface area contributed by atoms with Gasteiger partial charge < -0.3 is 10.8 Å². The molecule has 0 fully saturated rings. The number of thioether (sulfide) groups is 1. The summed E-state index contributed by atoms with van der Waals surface area (Å²) in [5.74, 6) is -0.0755. The first-order valence-electron chi connectivity index (χ1n) is 9.54. The molecule has 0 amide bonds. The largest absolute Gasteiger partial charge is 0.478 e. The fourth-order valence-electron chi connectivity index (χ4n) is 3.12. The highest BCUT2D eigenvalue weighted by Gasteiger charge is 2.20. The van der Waals surface area contributed by atoms with E-state index in [2.05, 4.69) is 31.0 Å². The Morgan fingerprint density at radius 3 is 2.19 bits per heavy atom. The van der Waals surface area contributed by atoms with Gasteiger partial charge >= 0.3 is 5.97 Å². The molecule has 1 aromatic heterocycles. The Morgan fingerprint density at radius 1 is 1.06 bits per heavy atom. The van der Waals surface area contributed by atoms with Gasteiger partial charge in [0.05, 0.1) is 11.1 Å². The maximum absolute atomic E-state index is 11.0. The van der Waals surface area contributed by atoms with E-state index >= 15 is 0 Å². The lowest BCUT2D eigenvalue weighted by molar-refractivity contribution is 0.0697. The van der Waals surface area contributed by atoms with E-state index in [1.807, 2.05) is 24.3 Å². The van der Waals surface area contributed by atoms with Crippen molar-refractivity contribution in [3.05, 3.63) is 76.3 Å². The molecule has 0 aliphatic carbocycles. The van der Waals surface area contributed by atoms with Crippen molar-refractivity contribution >= 4 is 23.5 Å². The monoisotopic (exact) mass is 428 g/mol. The van der Waals surface area contributed by atoms with Crippen molar-refractivity contribution in [2.75, 3.05) is 5.73 Å². The van der Waals surface area contributed by atoms with Gasteiger partial charge in [0.15, 0.2) is 0 Å². The number of carboxylic acids is 1. The van der Waals surface area contributed by atoms with Crippen LogP contribution in [-0.4, -0.2) is 16.1 Å². The standard InChI is InChI=1S/C24H20N4O2S/c1-14(2)16-7-9-17(10-8-16)21-19(11-25)22(27)28-23(20(21)12-26)31-13-15-3-5-18(6-4-15)24(29)30/h3-10,14H,13H2,1-2H3,(H2,27,28)(H,29,30). The highest BCUT2D eigenvalue weighted by Crippen LogP contribution is 2.37. The van der Waals surface area contributed by atoms with E-state index in [4.69, 9.17) is 10.8 Å². The average molecular weight is 429 g/mol. The minimum Gasteiger partial charge on any atom is -0.478 e. The van der Waals surface area contributed by atoms with Crippen molar-refractivity contribution in [2.45, 2.75) is 30.5 Å². The Bertz CT molecular complexity index is 1200. The van der Waals surface area contributed by atoms with E-state index in [1.54, 1.807) is 12.1 Å². The number of carboxylic acid groups (broad SMARTS) is 1. The number of carbonyl (C=O) groups is 1. The van der Waals surface area contributed by atoms with Crippen LogP contribution in [-0.2, 0) is 5.75 Å². The van der Waals surface area contributed by atoms with Gasteiger partial charge in [-0.05, 0) is 34.7 Å². The third-order valence-corrected chi connectivity index (χ3v) is 5.90. The summed E-state index contributed by atoms with van der Waals surface area (Å²) >= 11 is 1.32. The molecule has 7 heteroatoms. The zero-order chi connectivity index (χ0) is 22.5. The van der Waals surface area contributed by atoms with E-state index in [0.29, 0.717) is 27.8 Å². The second-order valence-corrected chi connectivity index (χ2v) is 8.18. The summed E-state index contributed by atoms with van der Waals surface area (Å²) in [5, 5.41) is 29.0. The van der Waals surface area contributed by atoms with Crippen molar-refractivity contribution in [1.82, 2.24) is 4.98 Å². The molecule has 0 radical (unpaired) electrons. The van der Waals surface area contributed by atoms with Crippen LogP contribution in [0.5, 0.6) is 0 Å². The number of rotatable bonds is 6. The van der Waals surface area contributed by atoms with Crippen molar-refractivity contribution in [1.29, 1.82) is 10.5 Å². The average Bonchev–Trinajstić information content (AvgIpc) is 2.77. The lowest BCUT2D eigenvalue weighted by atomic mass is 9.94. The molecule has 0 saturated heterocycles. The molecule has 0 aliphatic rings. The molecule has 0 unspecified atom stereocenters. The van der Waals surface area contributed by atoms with Gasteiger partial charge in [0.2, 0.25) is 0 Å². The van der Waals surface area contributed by atoms with Gasteiger partial charge in [-0.1, -0.05) is 50.2 Å². The number of aromatic carboxylic acids is 1. The van der Waals surface area contributed by atoms with Crippen LogP contribution in [0.4, 0.5) is 5.82 Å². The van der Waals surface area contributed by atoms with E-state index in [9.17, 15) is 15.3 Å². The Morgan fingerprint density at radius 2 is 1.68 bits per heavy atom. The number of anilines is 1. The normalized spacial score (nSPS) is 10.5. The van der Waals surface area contributed by atoms with Crippen LogP contribution in [0, 0.1) is 22.7 Å². The van der Waals surface area contributed by atoms with Crippen LogP contribution in [0.3, 0.4) is 0 Å². The summed E-state index contributed by atoms with van der Waals surface area (Å²) in [7, 11) is 0. The maximum Gasteiger partial charge on any atom is 0.335 e. The van der Waals surface area contributed by atoms with Crippen LogP contribution < -0.4 is 5.73 Å². The number of aromatic nitrogens is 1. The van der Waals surface area contributed by atoms with E-state index < -0.39 is 5.97 Å². The van der Waals surface area contributed by atoms with Crippen LogP contribution in [0.1, 0.15) is 52.4 Å². The molecular weight excluding hydrogens is 408 g/mol. The lowest BCUT2D eigenvalue weighted by Gasteiger charge is -2.14. The number of hydrogen-bond acceptors (Lipinski definition) is 6. The lowest BCUT2D eigenvalue weighted by Crippen LogP contribution is -2.03. The van der Waals surface area contributed by atoms with Gasteiger partial charge in [-0.2, -0.15) is 10.5 Å². The minimum absolute atomic E-state index is 0.0770. The number of nitriles is 2. The molecule has 0 atom stereocenters. The maximum atomic E-state index is 11.0. The smallest absolute Gasteiger partial charge is 0.335 e. The van der Waals surface area contributed by atoms with Crippen molar-refractivity contribution in [2.24, 2.45) is 0 Å². The molecule has 3 aromatic rings. The highest BCUT2D eigenvalue weighted by atomic mass is 32.2. The second-order valence-electron chi connectivity index (χ2n) is 7.22. The molecule has 3 rings (SSSR count). The van der Waals surface area contributed by atoms with Gasteiger partial charge in [0, 0.05) is 11.3 Å². The molecular formula is C24H20N4O2S. The molecule has 31 heavy (non-hydrogen) atoms. The third kappa shape index (κ3) is 4.69. The number of pyridine rings is 1. The van der Waals surface area contributed by atoms with Gasteiger partial charge in [0.1, 0.15) is 28.5 Å². The topological polar surface area (TPSA) is 124 Å². The number of benzene rings is 2. The predicted octanol–water partition coefficient (Wildman–Crippen LogP) is 5.19. The van der Waals surface area contributed by atoms with E-state index in [1.165, 1.54) is 23.9 Å². The zero-order valence-electron chi connectivity index (χ0n) is 17.1. The van der Waals surface area contributed by atoms with Gasteiger partial charge in [-0.25, -0.2) is 9.78 Å². The molecule has 2 aromatic carbocycles. The number of nitrogens with zero attached hydrogens (tertiary/aromatic N) is 3. The first-order chi connectivity index (χ1) is 14.8. The van der Waals surface area contributed by atoms with Crippen LogP contribution in [0.25, 0.3) is 11.1 Å². The Balaban J connectivity index is 2.01. The number of nitrogens with two attached hydrogens (primary N) is 1. The van der Waals surface area contributed by atoms with Crippen LogP contribution in [0.2, 0.25) is 0 Å². The quantitative estimate of drug-likeness (QED) is 0.518. The Labute approximate surface area is 185 Å². The van der Waals surface area contributed by atoms with Crippen molar-refractivity contribution < 1.29 is 9.90 Å². The first-order valence-corrected chi connectivity index (χ1v) is 10.5. The Hall–Kier alpha value is -3.81. The first kappa shape index (κ1) is 21.9. The van der Waals surface area contributed by atoms with Crippen LogP contribution >= 0.6 is 11.8 Å². The molecule has 0 spiro atoms. The molecule has 0 aliphatic heterocycles. The summed E-state index contributed by atoms with van der Waals surface area (Å²) in [6.07, 6.45) is 0. The molecule has 154 valence electrons. The summed E-state index contributed by atoms with van der Waals surface area (Å²) in [5.41, 5.74) is 10.0. The minimum atomic E-state index is -0.986. The summed E-state index contributed by atoms with van der Waals surface area (Å²) < 4.78 is 0. The Kier molecular flexibility index (Phi) is 6.59.